The van der Waals surface area contributed by atoms with Crippen LogP contribution in [0, 0.1) is 13.8 Å². The molecule has 8 rings (SSSR count). The van der Waals surface area contributed by atoms with Gasteiger partial charge >= 0.3 is 0 Å². The number of piperidine rings is 2. The standard InChI is InChI=1S/C19H24N6O2S2.C17H20N6O2S2/c1-13-18(14(2)24(3)23-13)22-19-20-10-9-15(21-19)16-7-8-17(28-16)29(26,27)25-11-5-4-6-12-25;1-22-15(8-10-19-22)21-17-18-9-7-13(20-17)14-5-6-16(26-14)27(24,25)23-11-3-2-4-12-23/h7-10H,4-6,11-12H2,1-3H3,(H,20,21,22);5-10H,2-4,11-12H2,1H3,(H,18,20,21). The first-order valence-electron chi connectivity index (χ1n) is 18.3. The summed E-state index contributed by atoms with van der Waals surface area (Å²) in [4.78, 5) is 19.2. The Morgan fingerprint density at radius 2 is 1.11 bits per heavy atom. The summed E-state index contributed by atoms with van der Waals surface area (Å²) in [5.41, 5.74) is 4.10. The lowest BCUT2D eigenvalue weighted by Gasteiger charge is -2.25. The highest BCUT2D eigenvalue weighted by Crippen LogP contribution is 2.34. The van der Waals surface area contributed by atoms with Crippen LogP contribution >= 0.6 is 22.7 Å². The third-order valence-electron chi connectivity index (χ3n) is 9.60. The minimum atomic E-state index is -3.43. The van der Waals surface area contributed by atoms with Crippen molar-refractivity contribution < 1.29 is 16.8 Å². The number of thiophene rings is 2. The molecule has 2 saturated heterocycles. The normalized spacial score (nSPS) is 15.6. The summed E-state index contributed by atoms with van der Waals surface area (Å²) in [6.07, 6.45) is 10.9. The molecule has 56 heavy (non-hydrogen) atoms. The van der Waals surface area contributed by atoms with Crippen LogP contribution in [0.3, 0.4) is 0 Å². The van der Waals surface area contributed by atoms with E-state index in [1.807, 2.05) is 40.1 Å². The molecule has 20 heteroatoms. The maximum atomic E-state index is 12.9. The number of aryl methyl sites for hydroxylation is 3. The fraction of sp³-hybridized carbons (Fsp3) is 0.389. The zero-order valence-electron chi connectivity index (χ0n) is 31.6. The summed E-state index contributed by atoms with van der Waals surface area (Å²) in [6.45, 7) is 6.30. The molecule has 6 aromatic rings. The molecule has 2 aliphatic heterocycles. The number of sulfonamides is 2. The van der Waals surface area contributed by atoms with Crippen LogP contribution < -0.4 is 10.6 Å². The quantitative estimate of drug-likeness (QED) is 0.157. The second kappa shape index (κ2) is 16.9. The van der Waals surface area contributed by atoms with Crippen LogP contribution in [0.5, 0.6) is 0 Å². The molecule has 0 spiro atoms. The highest BCUT2D eigenvalue weighted by Gasteiger charge is 2.29. The Balaban J connectivity index is 0.000000172. The first kappa shape index (κ1) is 39.6. The molecule has 0 aromatic carbocycles. The van der Waals surface area contributed by atoms with Crippen molar-refractivity contribution in [2.24, 2.45) is 14.1 Å². The average Bonchev–Trinajstić information content (AvgIpc) is 4.03. The van der Waals surface area contributed by atoms with Crippen molar-refractivity contribution in [2.45, 2.75) is 60.8 Å². The molecule has 2 N–H and O–H groups in total. The van der Waals surface area contributed by atoms with E-state index < -0.39 is 20.0 Å². The van der Waals surface area contributed by atoms with Crippen molar-refractivity contribution in [1.82, 2.24) is 48.1 Å². The Kier molecular flexibility index (Phi) is 11.9. The molecule has 0 saturated carbocycles. The number of nitrogens with zero attached hydrogens (tertiary/aromatic N) is 10. The van der Waals surface area contributed by atoms with Gasteiger partial charge in [0.1, 0.15) is 14.2 Å². The first-order chi connectivity index (χ1) is 26.9. The maximum absolute atomic E-state index is 12.9. The van der Waals surface area contributed by atoms with Crippen LogP contribution in [0.2, 0.25) is 0 Å². The van der Waals surface area contributed by atoms with E-state index in [2.05, 4.69) is 40.8 Å². The highest BCUT2D eigenvalue weighted by atomic mass is 32.3. The predicted molar refractivity (Wildman–Crippen MR) is 218 cm³/mol. The second-order valence-electron chi connectivity index (χ2n) is 13.5. The summed E-state index contributed by atoms with van der Waals surface area (Å²) < 4.78 is 58.8. The van der Waals surface area contributed by atoms with Crippen molar-refractivity contribution in [3.05, 3.63) is 72.4 Å². The Bertz CT molecular complexity index is 2510. The van der Waals surface area contributed by atoms with Gasteiger partial charge in [-0.25, -0.2) is 36.8 Å². The van der Waals surface area contributed by atoms with Crippen molar-refractivity contribution in [2.75, 3.05) is 36.8 Å². The van der Waals surface area contributed by atoms with Crippen molar-refractivity contribution in [1.29, 1.82) is 0 Å². The average molecular weight is 837 g/mol. The highest BCUT2D eigenvalue weighted by molar-refractivity contribution is 7.91. The molecular formula is C36H44N12O4S4. The second-order valence-corrected chi connectivity index (χ2v) is 20.0. The predicted octanol–water partition coefficient (Wildman–Crippen LogP) is 6.33. The molecule has 16 nitrogen and oxygen atoms in total. The van der Waals surface area contributed by atoms with Gasteiger partial charge in [0.2, 0.25) is 11.9 Å². The number of rotatable bonds is 10. The molecule has 8 heterocycles. The van der Waals surface area contributed by atoms with E-state index in [1.54, 1.807) is 66.9 Å². The third-order valence-corrected chi connectivity index (χ3v) is 16.6. The van der Waals surface area contributed by atoms with E-state index in [4.69, 9.17) is 0 Å². The number of hydrogen-bond donors (Lipinski definition) is 2. The van der Waals surface area contributed by atoms with Gasteiger partial charge in [0, 0.05) is 58.7 Å². The van der Waals surface area contributed by atoms with Gasteiger partial charge in [0.25, 0.3) is 20.0 Å². The fourth-order valence-corrected chi connectivity index (χ4v) is 12.3. The SMILES string of the molecule is Cc1nn(C)c(C)c1Nc1nccc(-c2ccc(S(=O)(=O)N3CCCCC3)s2)n1.Cn1nccc1Nc1nccc(-c2ccc(S(=O)(=O)N3CCCCC3)s2)n1. The molecule has 0 radical (unpaired) electrons. The first-order valence-corrected chi connectivity index (χ1v) is 22.8. The maximum Gasteiger partial charge on any atom is 0.252 e. The van der Waals surface area contributed by atoms with Gasteiger partial charge in [0.15, 0.2) is 0 Å². The van der Waals surface area contributed by atoms with Crippen LogP contribution in [-0.2, 0) is 34.1 Å². The summed E-state index contributed by atoms with van der Waals surface area (Å²) in [5.74, 6) is 1.66. The van der Waals surface area contributed by atoms with E-state index in [9.17, 15) is 16.8 Å². The molecule has 2 fully saturated rings. The van der Waals surface area contributed by atoms with E-state index >= 15 is 0 Å². The lowest BCUT2D eigenvalue weighted by Crippen LogP contribution is -2.35. The Morgan fingerprint density at radius 1 is 0.607 bits per heavy atom. The molecule has 0 unspecified atom stereocenters. The molecule has 0 atom stereocenters. The van der Waals surface area contributed by atoms with Gasteiger partial charge < -0.3 is 10.6 Å². The van der Waals surface area contributed by atoms with Gasteiger partial charge in [-0.3, -0.25) is 9.36 Å². The van der Waals surface area contributed by atoms with E-state index in [0.717, 1.165) is 71.2 Å². The monoisotopic (exact) mass is 836 g/mol. The molecule has 6 aromatic heterocycles. The zero-order valence-corrected chi connectivity index (χ0v) is 34.8. The van der Waals surface area contributed by atoms with Gasteiger partial charge in [-0.1, -0.05) is 12.8 Å². The van der Waals surface area contributed by atoms with E-state index in [0.29, 0.717) is 57.9 Å². The van der Waals surface area contributed by atoms with Gasteiger partial charge in [-0.2, -0.15) is 18.8 Å². The molecular weight excluding hydrogens is 793 g/mol. The lowest BCUT2D eigenvalue weighted by molar-refractivity contribution is 0.347. The number of anilines is 4. The van der Waals surface area contributed by atoms with Crippen molar-refractivity contribution in [3.63, 3.8) is 0 Å². The van der Waals surface area contributed by atoms with Gasteiger partial charge in [0.05, 0.1) is 44.4 Å². The third kappa shape index (κ3) is 8.69. The topological polar surface area (TPSA) is 186 Å². The summed E-state index contributed by atoms with van der Waals surface area (Å²) in [5, 5.41) is 14.8. The van der Waals surface area contributed by atoms with E-state index in [1.165, 1.54) is 22.7 Å². The number of hydrogen-bond acceptors (Lipinski definition) is 14. The lowest BCUT2D eigenvalue weighted by atomic mass is 10.2. The Hall–Kier alpha value is -4.60. The molecule has 0 bridgehead atoms. The summed E-state index contributed by atoms with van der Waals surface area (Å²) >= 11 is 2.49. The number of aromatic nitrogens is 8. The van der Waals surface area contributed by atoms with Crippen LogP contribution in [0.15, 0.2) is 69.5 Å². The number of nitrogens with one attached hydrogen (secondary N) is 2. The van der Waals surface area contributed by atoms with Gasteiger partial charge in [-0.05, 0) is 75.9 Å². The van der Waals surface area contributed by atoms with Crippen molar-refractivity contribution in [3.8, 4) is 21.1 Å². The molecule has 296 valence electrons. The summed E-state index contributed by atoms with van der Waals surface area (Å²) in [6, 6.07) is 12.3. The smallest absolute Gasteiger partial charge is 0.252 e. The van der Waals surface area contributed by atoms with Crippen molar-refractivity contribution >= 4 is 66.1 Å². The summed E-state index contributed by atoms with van der Waals surface area (Å²) in [7, 11) is -3.15. The largest absolute Gasteiger partial charge is 0.321 e. The molecule has 2 aliphatic rings. The van der Waals surface area contributed by atoms with E-state index in [-0.39, 0.29) is 0 Å². The molecule has 0 aliphatic carbocycles. The minimum Gasteiger partial charge on any atom is -0.321 e. The Morgan fingerprint density at radius 3 is 1.55 bits per heavy atom. The van der Waals surface area contributed by atoms with Crippen LogP contribution in [0.25, 0.3) is 21.1 Å². The van der Waals surface area contributed by atoms with Crippen LogP contribution in [0.4, 0.5) is 23.4 Å². The fourth-order valence-electron chi connectivity index (χ4n) is 6.45. The van der Waals surface area contributed by atoms with Crippen LogP contribution in [-0.4, -0.2) is 91.1 Å². The molecule has 0 amide bonds. The Labute approximate surface area is 334 Å². The van der Waals surface area contributed by atoms with Crippen LogP contribution in [0.1, 0.15) is 49.9 Å². The zero-order chi connectivity index (χ0) is 39.5. The van der Waals surface area contributed by atoms with Gasteiger partial charge in [-0.15, -0.1) is 22.7 Å². The minimum absolute atomic E-state index is 0.360.